The van der Waals surface area contributed by atoms with Gasteiger partial charge in [0.25, 0.3) is 0 Å². The number of halogens is 1. The molecule has 1 aliphatic rings. The molecule has 6 rings (SSSR count). The summed E-state index contributed by atoms with van der Waals surface area (Å²) in [4.78, 5) is 36.8. The molecule has 3 aromatic carbocycles. The second-order valence-electron chi connectivity index (χ2n) is 11.6. The van der Waals surface area contributed by atoms with Crippen molar-refractivity contribution in [2.45, 2.75) is 32.4 Å². The van der Waals surface area contributed by atoms with Crippen molar-refractivity contribution in [1.82, 2.24) is 25.1 Å². The Labute approximate surface area is 261 Å². The molecule has 0 saturated carbocycles. The van der Waals surface area contributed by atoms with E-state index in [4.69, 9.17) is 4.74 Å². The SMILES string of the molecule is COc1ccccc1CN(C[C@@H](Cc1c[nH]c2ccccc12)NC(=O)CN1CC=C(c2c[nH]c3ccc(F)cc23)CC1)C(C)=O. The molecule has 1 aliphatic heterocycles. The molecule has 0 fully saturated rings. The maximum absolute atomic E-state index is 13.9. The number of rotatable bonds is 11. The molecular weight excluding hydrogens is 569 g/mol. The molecule has 5 aromatic rings. The van der Waals surface area contributed by atoms with Crippen molar-refractivity contribution in [3.05, 3.63) is 108 Å². The van der Waals surface area contributed by atoms with Crippen LogP contribution < -0.4 is 10.1 Å². The van der Waals surface area contributed by atoms with Crippen LogP contribution in [0.15, 0.2) is 85.2 Å². The van der Waals surface area contributed by atoms with Crippen LogP contribution in [-0.4, -0.2) is 70.9 Å². The van der Waals surface area contributed by atoms with Gasteiger partial charge < -0.3 is 24.9 Å². The quantitative estimate of drug-likeness (QED) is 0.181. The topological polar surface area (TPSA) is 93.5 Å². The third-order valence-electron chi connectivity index (χ3n) is 8.60. The van der Waals surface area contributed by atoms with Crippen molar-refractivity contribution in [1.29, 1.82) is 0 Å². The standard InChI is InChI=1S/C36H38FN5O3/c1-24(43)42(21-26-7-3-6-10-35(26)45-2)22-29(17-27-19-38-33-9-5-4-8-30(27)33)40-36(44)23-41-15-13-25(14-16-41)32-20-39-34-12-11-28(37)18-31(32)34/h3-13,18-20,29,38-39H,14-17,21-23H2,1-2H3,(H,40,44)/t29-/m1/s1. The maximum atomic E-state index is 13.9. The van der Waals surface area contributed by atoms with Crippen molar-refractivity contribution in [2.75, 3.05) is 33.3 Å². The highest BCUT2D eigenvalue weighted by Gasteiger charge is 2.24. The lowest BCUT2D eigenvalue weighted by molar-refractivity contribution is -0.131. The molecule has 0 spiro atoms. The molecule has 0 aliphatic carbocycles. The number of fused-ring (bicyclic) bond motifs is 2. The molecule has 2 amide bonds. The van der Waals surface area contributed by atoms with Gasteiger partial charge in [0.05, 0.1) is 19.7 Å². The first-order valence-corrected chi connectivity index (χ1v) is 15.3. The number of nitrogens with zero attached hydrogens (tertiary/aromatic N) is 2. The Morgan fingerprint density at radius 3 is 2.58 bits per heavy atom. The van der Waals surface area contributed by atoms with Crippen molar-refractivity contribution >= 4 is 39.2 Å². The first-order chi connectivity index (χ1) is 21.9. The van der Waals surface area contributed by atoms with Crippen LogP contribution in [0.2, 0.25) is 0 Å². The lowest BCUT2D eigenvalue weighted by Gasteiger charge is -2.30. The number of carbonyl (C=O) groups excluding carboxylic acids is 2. The van der Waals surface area contributed by atoms with Crippen LogP contribution in [0.5, 0.6) is 5.75 Å². The summed E-state index contributed by atoms with van der Waals surface area (Å²) >= 11 is 0. The summed E-state index contributed by atoms with van der Waals surface area (Å²) in [6.07, 6.45) is 7.35. The monoisotopic (exact) mass is 607 g/mol. The molecule has 0 unspecified atom stereocenters. The summed E-state index contributed by atoms with van der Waals surface area (Å²) < 4.78 is 19.4. The second kappa shape index (κ2) is 13.4. The summed E-state index contributed by atoms with van der Waals surface area (Å²) in [5.41, 5.74) is 6.07. The van der Waals surface area contributed by atoms with Gasteiger partial charge >= 0.3 is 0 Å². The van der Waals surface area contributed by atoms with Crippen LogP contribution >= 0.6 is 0 Å². The third-order valence-corrected chi connectivity index (χ3v) is 8.60. The van der Waals surface area contributed by atoms with Crippen LogP contribution in [0.25, 0.3) is 27.4 Å². The van der Waals surface area contributed by atoms with Gasteiger partial charge in [0.15, 0.2) is 0 Å². The van der Waals surface area contributed by atoms with Crippen molar-refractivity contribution < 1.29 is 18.7 Å². The molecule has 0 saturated heterocycles. The molecule has 8 nitrogen and oxygen atoms in total. The number of nitrogens with one attached hydrogen (secondary N) is 3. The average molecular weight is 608 g/mol. The van der Waals surface area contributed by atoms with E-state index in [1.807, 2.05) is 54.9 Å². The summed E-state index contributed by atoms with van der Waals surface area (Å²) in [5.74, 6) is 0.291. The predicted octanol–water partition coefficient (Wildman–Crippen LogP) is 5.66. The molecular formula is C36H38FN5O3. The van der Waals surface area contributed by atoms with Gasteiger partial charge in [0, 0.05) is 78.4 Å². The van der Waals surface area contributed by atoms with E-state index >= 15 is 0 Å². The van der Waals surface area contributed by atoms with Crippen LogP contribution in [0.1, 0.15) is 30.0 Å². The maximum Gasteiger partial charge on any atom is 0.234 e. The van der Waals surface area contributed by atoms with E-state index in [2.05, 4.69) is 32.3 Å². The lowest BCUT2D eigenvalue weighted by atomic mass is 9.99. The first-order valence-electron chi connectivity index (χ1n) is 15.3. The van der Waals surface area contributed by atoms with Gasteiger partial charge in [-0.25, -0.2) is 4.39 Å². The van der Waals surface area contributed by atoms with Gasteiger partial charge in [-0.2, -0.15) is 0 Å². The number of aromatic nitrogens is 2. The van der Waals surface area contributed by atoms with Gasteiger partial charge in [-0.15, -0.1) is 0 Å². The number of methoxy groups -OCH3 is 1. The molecule has 2 aromatic heterocycles. The zero-order chi connectivity index (χ0) is 31.3. The highest BCUT2D eigenvalue weighted by Crippen LogP contribution is 2.30. The zero-order valence-electron chi connectivity index (χ0n) is 25.6. The number of para-hydroxylation sites is 2. The van der Waals surface area contributed by atoms with Crippen LogP contribution in [0, 0.1) is 5.82 Å². The molecule has 9 heteroatoms. The lowest BCUT2D eigenvalue weighted by Crippen LogP contribution is -2.49. The van der Waals surface area contributed by atoms with E-state index in [1.54, 1.807) is 31.1 Å². The number of aromatic amines is 2. The van der Waals surface area contributed by atoms with Crippen LogP contribution in [0.3, 0.4) is 0 Å². The van der Waals surface area contributed by atoms with Gasteiger partial charge in [0.1, 0.15) is 11.6 Å². The molecule has 3 N–H and O–H groups in total. The minimum Gasteiger partial charge on any atom is -0.496 e. The van der Waals surface area contributed by atoms with Crippen molar-refractivity contribution in [2.24, 2.45) is 0 Å². The highest BCUT2D eigenvalue weighted by molar-refractivity contribution is 5.93. The van der Waals surface area contributed by atoms with Gasteiger partial charge in [0.2, 0.25) is 11.8 Å². The van der Waals surface area contributed by atoms with E-state index in [-0.39, 0.29) is 30.2 Å². The van der Waals surface area contributed by atoms with E-state index in [0.29, 0.717) is 32.6 Å². The summed E-state index contributed by atoms with van der Waals surface area (Å²) in [7, 11) is 1.62. The first kappa shape index (κ1) is 30.1. The van der Waals surface area contributed by atoms with Crippen LogP contribution in [-0.2, 0) is 22.6 Å². The molecule has 1 atom stereocenters. The van der Waals surface area contributed by atoms with E-state index in [0.717, 1.165) is 56.2 Å². The van der Waals surface area contributed by atoms with Crippen molar-refractivity contribution in [3.8, 4) is 5.75 Å². The smallest absolute Gasteiger partial charge is 0.234 e. The van der Waals surface area contributed by atoms with E-state index in [9.17, 15) is 14.0 Å². The average Bonchev–Trinajstić information content (AvgIpc) is 3.65. The highest BCUT2D eigenvalue weighted by atomic mass is 19.1. The number of ether oxygens (including phenoxy) is 1. The largest absolute Gasteiger partial charge is 0.496 e. The number of hydrogen-bond donors (Lipinski definition) is 3. The molecule has 0 bridgehead atoms. The Kier molecular flexibility index (Phi) is 8.98. The Morgan fingerprint density at radius 2 is 1.78 bits per heavy atom. The Morgan fingerprint density at radius 1 is 1.00 bits per heavy atom. The number of H-pyrrole nitrogens is 2. The van der Waals surface area contributed by atoms with E-state index in [1.165, 1.54) is 6.07 Å². The van der Waals surface area contributed by atoms with Crippen LogP contribution in [0.4, 0.5) is 4.39 Å². The zero-order valence-corrected chi connectivity index (χ0v) is 25.6. The van der Waals surface area contributed by atoms with Gasteiger partial charge in [-0.05, 0) is 54.3 Å². The Hall–Kier alpha value is -4.89. The van der Waals surface area contributed by atoms with Gasteiger partial charge in [-0.3, -0.25) is 14.5 Å². The Balaban J connectivity index is 1.16. The Bertz CT molecular complexity index is 1860. The summed E-state index contributed by atoms with van der Waals surface area (Å²) in [6.45, 7) is 3.84. The molecule has 232 valence electrons. The fourth-order valence-corrected chi connectivity index (χ4v) is 6.27. The summed E-state index contributed by atoms with van der Waals surface area (Å²) in [6, 6.07) is 20.2. The van der Waals surface area contributed by atoms with Crippen molar-refractivity contribution in [3.63, 3.8) is 0 Å². The fraction of sp³-hybridized carbons (Fsp3) is 0.278. The molecule has 3 heterocycles. The van der Waals surface area contributed by atoms with Gasteiger partial charge in [-0.1, -0.05) is 42.5 Å². The van der Waals surface area contributed by atoms with E-state index < -0.39 is 0 Å². The number of benzene rings is 3. The minimum atomic E-state index is -0.313. The fourth-order valence-electron chi connectivity index (χ4n) is 6.27. The summed E-state index contributed by atoms with van der Waals surface area (Å²) in [5, 5.41) is 5.22. The predicted molar refractivity (Wildman–Crippen MR) is 175 cm³/mol. The number of carbonyl (C=O) groups is 2. The molecule has 45 heavy (non-hydrogen) atoms. The third kappa shape index (κ3) is 6.94. The second-order valence-corrected chi connectivity index (χ2v) is 11.6. The minimum absolute atomic E-state index is 0.0788. The normalized spacial score (nSPS) is 14.3. The number of hydrogen-bond acceptors (Lipinski definition) is 4. The number of amides is 2. The molecule has 0 radical (unpaired) electrons.